The Morgan fingerprint density at radius 3 is 2.37 bits per heavy atom. The minimum absolute atomic E-state index is 0.0554. The largest absolute Gasteiger partial charge is 0.497 e. The van der Waals surface area contributed by atoms with Crippen LogP contribution in [0.3, 0.4) is 0 Å². The Morgan fingerprint density at radius 1 is 1.26 bits per heavy atom. The summed E-state index contributed by atoms with van der Waals surface area (Å²) < 4.78 is 10.7. The highest BCUT2D eigenvalue weighted by Crippen LogP contribution is 2.17. The number of methoxy groups -OCH3 is 1. The summed E-state index contributed by atoms with van der Waals surface area (Å²) in [5, 5.41) is 2.79. The van der Waals surface area contributed by atoms with Gasteiger partial charge in [0.2, 0.25) is 5.91 Å². The Hall–Kier alpha value is -1.75. The monoisotopic (exact) mass is 266 g/mol. The Labute approximate surface area is 114 Å². The van der Waals surface area contributed by atoms with Crippen LogP contribution >= 0.6 is 0 Å². The van der Waals surface area contributed by atoms with Gasteiger partial charge in [0.25, 0.3) is 0 Å². The minimum Gasteiger partial charge on any atom is -0.497 e. The lowest BCUT2D eigenvalue weighted by Gasteiger charge is -2.16. The first kappa shape index (κ1) is 15.3. The molecular weight excluding hydrogens is 244 g/mol. The number of benzene rings is 1. The second-order valence-electron chi connectivity index (χ2n) is 4.59. The Balaban J connectivity index is 2.33. The molecule has 0 aliphatic heterocycles. The molecule has 2 atom stereocenters. The molecule has 0 saturated heterocycles. The molecule has 106 valence electrons. The van der Waals surface area contributed by atoms with E-state index in [9.17, 15) is 4.79 Å². The standard InChI is InChI=1S/C14H22N2O3/c1-10(15)8-14(17)16-9-11(2)19-13-6-4-12(18-3)5-7-13/h4-7,10-11H,8-9,15H2,1-3H3,(H,16,17). The van der Waals surface area contributed by atoms with Crippen LogP contribution in [0.2, 0.25) is 0 Å². The van der Waals surface area contributed by atoms with Crippen molar-refractivity contribution in [2.75, 3.05) is 13.7 Å². The van der Waals surface area contributed by atoms with Crippen LogP contribution in [0.5, 0.6) is 11.5 Å². The molecule has 0 aromatic heterocycles. The molecule has 1 amide bonds. The van der Waals surface area contributed by atoms with Crippen molar-refractivity contribution in [3.63, 3.8) is 0 Å². The summed E-state index contributed by atoms with van der Waals surface area (Å²) in [6.07, 6.45) is 0.223. The highest BCUT2D eigenvalue weighted by atomic mass is 16.5. The third-order valence-electron chi connectivity index (χ3n) is 2.49. The normalized spacial score (nSPS) is 13.5. The lowest BCUT2D eigenvalue weighted by Crippen LogP contribution is -2.36. The van der Waals surface area contributed by atoms with Crippen molar-refractivity contribution >= 4 is 5.91 Å². The number of carbonyl (C=O) groups excluding carboxylic acids is 1. The summed E-state index contributed by atoms with van der Waals surface area (Å²) in [6.45, 7) is 4.16. The molecule has 1 aromatic rings. The van der Waals surface area contributed by atoms with Crippen molar-refractivity contribution in [3.8, 4) is 11.5 Å². The summed E-state index contributed by atoms with van der Waals surface area (Å²) in [7, 11) is 1.62. The molecule has 0 heterocycles. The van der Waals surface area contributed by atoms with Gasteiger partial charge in [-0.1, -0.05) is 0 Å². The van der Waals surface area contributed by atoms with Crippen LogP contribution in [-0.2, 0) is 4.79 Å². The third-order valence-corrected chi connectivity index (χ3v) is 2.49. The van der Waals surface area contributed by atoms with Gasteiger partial charge in [0.1, 0.15) is 17.6 Å². The fourth-order valence-electron chi connectivity index (χ4n) is 1.55. The number of hydrogen-bond acceptors (Lipinski definition) is 4. The molecule has 0 aliphatic carbocycles. The molecule has 19 heavy (non-hydrogen) atoms. The molecule has 0 bridgehead atoms. The zero-order valence-electron chi connectivity index (χ0n) is 11.7. The zero-order chi connectivity index (χ0) is 14.3. The predicted molar refractivity (Wildman–Crippen MR) is 74.4 cm³/mol. The van der Waals surface area contributed by atoms with Gasteiger partial charge in [0, 0.05) is 12.5 Å². The van der Waals surface area contributed by atoms with Crippen molar-refractivity contribution in [1.82, 2.24) is 5.32 Å². The lowest BCUT2D eigenvalue weighted by atomic mass is 10.2. The molecular formula is C14H22N2O3. The van der Waals surface area contributed by atoms with Gasteiger partial charge in [-0.3, -0.25) is 4.79 Å². The topological polar surface area (TPSA) is 73.6 Å². The molecule has 0 aliphatic rings. The maximum absolute atomic E-state index is 11.4. The van der Waals surface area contributed by atoms with E-state index in [1.165, 1.54) is 0 Å². The van der Waals surface area contributed by atoms with Gasteiger partial charge in [0.05, 0.1) is 13.7 Å². The predicted octanol–water partition coefficient (Wildman–Crippen LogP) is 1.32. The van der Waals surface area contributed by atoms with Crippen molar-refractivity contribution in [2.24, 2.45) is 5.73 Å². The van der Waals surface area contributed by atoms with E-state index in [1.54, 1.807) is 14.0 Å². The summed E-state index contributed by atoms with van der Waals surface area (Å²) in [5.74, 6) is 1.47. The van der Waals surface area contributed by atoms with Crippen LogP contribution in [0, 0.1) is 0 Å². The van der Waals surface area contributed by atoms with Crippen LogP contribution in [0.25, 0.3) is 0 Å². The quantitative estimate of drug-likeness (QED) is 0.780. The van der Waals surface area contributed by atoms with Gasteiger partial charge >= 0.3 is 0 Å². The Morgan fingerprint density at radius 2 is 1.84 bits per heavy atom. The van der Waals surface area contributed by atoms with Gasteiger partial charge in [-0.15, -0.1) is 0 Å². The number of nitrogens with two attached hydrogens (primary N) is 1. The lowest BCUT2D eigenvalue weighted by molar-refractivity contribution is -0.121. The van der Waals surface area contributed by atoms with Gasteiger partial charge in [-0.05, 0) is 38.1 Å². The van der Waals surface area contributed by atoms with Crippen molar-refractivity contribution in [2.45, 2.75) is 32.4 Å². The van der Waals surface area contributed by atoms with Crippen molar-refractivity contribution in [3.05, 3.63) is 24.3 Å². The average molecular weight is 266 g/mol. The van der Waals surface area contributed by atoms with Gasteiger partial charge in [0.15, 0.2) is 0 Å². The first-order valence-electron chi connectivity index (χ1n) is 6.34. The SMILES string of the molecule is COc1ccc(OC(C)CNC(=O)CC(C)N)cc1. The van der Waals surface area contributed by atoms with Gasteiger partial charge in [-0.2, -0.15) is 0 Å². The fraction of sp³-hybridized carbons (Fsp3) is 0.500. The molecule has 5 nitrogen and oxygen atoms in total. The van der Waals surface area contributed by atoms with Crippen LogP contribution in [0.1, 0.15) is 20.3 Å². The van der Waals surface area contributed by atoms with Crippen LogP contribution in [0.15, 0.2) is 24.3 Å². The number of amides is 1. The second-order valence-corrected chi connectivity index (χ2v) is 4.59. The van der Waals surface area contributed by atoms with Crippen LogP contribution in [0.4, 0.5) is 0 Å². The summed E-state index contributed by atoms with van der Waals surface area (Å²) in [4.78, 5) is 11.4. The van der Waals surface area contributed by atoms with Crippen molar-refractivity contribution in [1.29, 1.82) is 0 Å². The van der Waals surface area contributed by atoms with E-state index >= 15 is 0 Å². The average Bonchev–Trinajstić information content (AvgIpc) is 2.36. The first-order valence-corrected chi connectivity index (χ1v) is 6.34. The maximum atomic E-state index is 11.4. The van der Waals surface area contributed by atoms with E-state index < -0.39 is 0 Å². The number of nitrogens with one attached hydrogen (secondary N) is 1. The van der Waals surface area contributed by atoms with Gasteiger partial charge < -0.3 is 20.5 Å². The van der Waals surface area contributed by atoms with E-state index in [0.29, 0.717) is 13.0 Å². The summed E-state index contributed by atoms with van der Waals surface area (Å²) in [6, 6.07) is 7.20. The Kier molecular flexibility index (Phi) is 6.15. The third kappa shape index (κ3) is 6.10. The molecule has 5 heteroatoms. The molecule has 2 unspecified atom stereocenters. The van der Waals surface area contributed by atoms with E-state index in [1.807, 2.05) is 31.2 Å². The molecule has 3 N–H and O–H groups in total. The van der Waals surface area contributed by atoms with Crippen LogP contribution in [-0.4, -0.2) is 31.7 Å². The number of carbonyl (C=O) groups is 1. The maximum Gasteiger partial charge on any atom is 0.221 e. The first-order chi connectivity index (χ1) is 9.01. The van der Waals surface area contributed by atoms with E-state index in [0.717, 1.165) is 11.5 Å². The van der Waals surface area contributed by atoms with Crippen molar-refractivity contribution < 1.29 is 14.3 Å². The Bertz CT molecular complexity index is 390. The molecule has 0 radical (unpaired) electrons. The summed E-state index contributed by atoms with van der Waals surface area (Å²) >= 11 is 0. The van der Waals surface area contributed by atoms with Crippen LogP contribution < -0.4 is 20.5 Å². The zero-order valence-corrected chi connectivity index (χ0v) is 11.7. The number of rotatable bonds is 7. The smallest absolute Gasteiger partial charge is 0.221 e. The highest BCUT2D eigenvalue weighted by molar-refractivity contribution is 5.76. The molecule has 0 saturated carbocycles. The number of ether oxygens (including phenoxy) is 2. The minimum atomic E-state index is -0.127. The summed E-state index contributed by atoms with van der Waals surface area (Å²) in [5.41, 5.74) is 5.55. The molecule has 1 aromatic carbocycles. The van der Waals surface area contributed by atoms with E-state index in [2.05, 4.69) is 5.32 Å². The highest BCUT2D eigenvalue weighted by Gasteiger charge is 2.08. The number of hydrogen-bond donors (Lipinski definition) is 2. The molecule has 1 rings (SSSR count). The molecule has 0 spiro atoms. The van der Waals surface area contributed by atoms with Gasteiger partial charge in [-0.25, -0.2) is 0 Å². The van der Waals surface area contributed by atoms with E-state index in [4.69, 9.17) is 15.2 Å². The second kappa shape index (κ2) is 7.63. The molecule has 0 fully saturated rings. The van der Waals surface area contributed by atoms with E-state index in [-0.39, 0.29) is 18.1 Å². The fourth-order valence-corrected chi connectivity index (χ4v) is 1.55.